The number of aromatic nitrogens is 2. The van der Waals surface area contributed by atoms with Gasteiger partial charge in [-0.05, 0) is 41.5 Å². The average Bonchev–Trinajstić information content (AvgIpc) is 3.19. The highest BCUT2D eigenvalue weighted by Gasteiger charge is 2.17. The van der Waals surface area contributed by atoms with Crippen LogP contribution >= 0.6 is 11.6 Å². The van der Waals surface area contributed by atoms with E-state index in [0.717, 1.165) is 27.8 Å². The lowest BCUT2D eigenvalue weighted by molar-refractivity contribution is -0.139. The molecular weight excluding hydrogens is 484 g/mol. The topological polar surface area (TPSA) is 118 Å². The van der Waals surface area contributed by atoms with Crippen molar-refractivity contribution in [3.63, 3.8) is 0 Å². The molecule has 9 nitrogen and oxygen atoms in total. The molecule has 0 unspecified atom stereocenters. The van der Waals surface area contributed by atoms with Crippen molar-refractivity contribution in [3.8, 4) is 22.6 Å². The summed E-state index contributed by atoms with van der Waals surface area (Å²) in [6, 6.07) is 15.8. The zero-order valence-corrected chi connectivity index (χ0v) is 20.1. The number of carboxylic acid groups (broad SMARTS) is 1. The molecule has 3 N–H and O–H groups in total. The first-order chi connectivity index (χ1) is 17.4. The van der Waals surface area contributed by atoms with Gasteiger partial charge in [0.2, 0.25) is 0 Å². The summed E-state index contributed by atoms with van der Waals surface area (Å²) >= 11 is 6.81. The van der Waals surface area contributed by atoms with Gasteiger partial charge in [0.25, 0.3) is 0 Å². The summed E-state index contributed by atoms with van der Waals surface area (Å²) in [6.45, 7) is 0.470. The molecule has 0 bridgehead atoms. The maximum atomic E-state index is 11.1. The van der Waals surface area contributed by atoms with E-state index in [2.05, 4.69) is 15.4 Å². The molecule has 3 aromatic carbocycles. The fourth-order valence-corrected chi connectivity index (χ4v) is 4.28. The summed E-state index contributed by atoms with van der Waals surface area (Å²) in [4.78, 5) is 15.0. The van der Waals surface area contributed by atoms with Crippen LogP contribution in [0.2, 0.25) is 5.02 Å². The zero-order chi connectivity index (χ0) is 25.2. The van der Waals surface area contributed by atoms with E-state index in [9.17, 15) is 4.79 Å². The largest absolute Gasteiger partial charge is 0.486 e. The lowest BCUT2D eigenvalue weighted by Gasteiger charge is -2.19. The zero-order valence-electron chi connectivity index (χ0n) is 19.3. The van der Waals surface area contributed by atoms with Gasteiger partial charge in [0.1, 0.15) is 13.2 Å². The molecule has 5 rings (SSSR count). The third-order valence-corrected chi connectivity index (χ3v) is 6.25. The Balaban J connectivity index is 1.44. The monoisotopic (exact) mass is 506 g/mol. The first-order valence-corrected chi connectivity index (χ1v) is 11.6. The van der Waals surface area contributed by atoms with E-state index in [4.69, 9.17) is 31.3 Å². The first kappa shape index (κ1) is 23.7. The number of halogens is 1. The highest BCUT2D eigenvalue weighted by atomic mass is 35.5. The van der Waals surface area contributed by atoms with Gasteiger partial charge in [-0.15, -0.1) is 0 Å². The maximum Gasteiger partial charge on any atom is 0.330 e. The van der Waals surface area contributed by atoms with Gasteiger partial charge in [-0.3, -0.25) is 9.67 Å². The minimum atomic E-state index is -1.20. The van der Waals surface area contributed by atoms with Gasteiger partial charge in [0.15, 0.2) is 23.4 Å². The number of benzene rings is 3. The van der Waals surface area contributed by atoms with Crippen LogP contribution in [0, 0.1) is 0 Å². The summed E-state index contributed by atoms with van der Waals surface area (Å²) in [5, 5.41) is 27.6. The summed E-state index contributed by atoms with van der Waals surface area (Å²) in [7, 11) is 1.81. The molecule has 4 aromatic rings. The minimum Gasteiger partial charge on any atom is -0.486 e. The van der Waals surface area contributed by atoms with Gasteiger partial charge in [-0.25, -0.2) is 4.79 Å². The summed E-state index contributed by atoms with van der Waals surface area (Å²) in [5.74, 6) is 0.847. The lowest BCUT2D eigenvalue weighted by Crippen LogP contribution is -2.22. The number of anilines is 2. The highest BCUT2D eigenvalue weighted by Crippen LogP contribution is 2.40. The van der Waals surface area contributed by atoms with Crippen LogP contribution in [0.25, 0.3) is 22.0 Å². The number of aliphatic carboxylic acids is 1. The van der Waals surface area contributed by atoms with Crippen molar-refractivity contribution in [1.29, 1.82) is 0 Å². The fourth-order valence-electron chi connectivity index (χ4n) is 4.00. The Morgan fingerprint density at radius 2 is 2.00 bits per heavy atom. The number of nitrogens with one attached hydrogen (secondary N) is 1. The lowest BCUT2D eigenvalue weighted by atomic mass is 10.0. The number of ether oxygens (including phenoxy) is 2. The number of nitrogens with zero attached hydrogens (tertiary/aromatic N) is 3. The molecule has 1 aliphatic heterocycles. The molecule has 0 aliphatic carbocycles. The second-order valence-electron chi connectivity index (χ2n) is 8.21. The van der Waals surface area contributed by atoms with Crippen LogP contribution in [-0.4, -0.2) is 58.0 Å². The first-order valence-electron chi connectivity index (χ1n) is 11.2. The number of aliphatic hydroxyl groups excluding tert-OH is 1. The Labute approximate surface area is 211 Å². The molecule has 1 aromatic heterocycles. The van der Waals surface area contributed by atoms with Gasteiger partial charge in [0.05, 0.1) is 22.8 Å². The van der Waals surface area contributed by atoms with E-state index in [1.807, 2.05) is 61.6 Å². The molecular formula is C26H23ClN4O5. The molecule has 0 spiro atoms. The Morgan fingerprint density at radius 1 is 1.19 bits per heavy atom. The molecule has 0 fully saturated rings. The summed E-state index contributed by atoms with van der Waals surface area (Å²) < 4.78 is 13.0. The van der Waals surface area contributed by atoms with Crippen LogP contribution in [-0.2, 0) is 11.8 Å². The van der Waals surface area contributed by atoms with Crippen LogP contribution in [0.5, 0.6) is 11.5 Å². The number of hydrogen-bond donors (Lipinski definition) is 3. The quantitative estimate of drug-likeness (QED) is 0.320. The Bertz CT molecular complexity index is 1480. The Morgan fingerprint density at radius 3 is 2.78 bits per heavy atom. The number of aliphatic imine (C=N–C) groups is 1. The number of aliphatic hydroxyl groups is 1. The van der Waals surface area contributed by atoms with E-state index >= 15 is 0 Å². The van der Waals surface area contributed by atoms with Crippen molar-refractivity contribution in [3.05, 3.63) is 65.2 Å². The van der Waals surface area contributed by atoms with Gasteiger partial charge < -0.3 is 25.0 Å². The Hall–Kier alpha value is -4.08. The van der Waals surface area contributed by atoms with Crippen LogP contribution in [0.3, 0.4) is 0 Å². The van der Waals surface area contributed by atoms with Crippen molar-refractivity contribution < 1.29 is 24.5 Å². The normalized spacial score (nSPS) is 13.8. The van der Waals surface area contributed by atoms with E-state index in [0.29, 0.717) is 41.1 Å². The standard InChI is InChI=1S/C26H23ClN4O5/c1-31-21-11-15(13-28-20(14-32)26(33)34)5-7-18(21)25(30-31)29-19-4-2-3-17(24(19)27)16-6-8-22-23(12-16)36-10-9-35-22/h2-8,11-13,20,32H,9-10,14H2,1H3,(H,29,30)(H,33,34)/t20-/m0/s1. The van der Waals surface area contributed by atoms with Crippen molar-refractivity contribution >= 4 is 46.2 Å². The van der Waals surface area contributed by atoms with Crippen molar-refractivity contribution in [2.45, 2.75) is 6.04 Å². The molecule has 0 amide bonds. The second kappa shape index (κ2) is 9.88. The van der Waals surface area contributed by atoms with Crippen molar-refractivity contribution in [2.24, 2.45) is 12.0 Å². The van der Waals surface area contributed by atoms with Crippen LogP contribution in [0.4, 0.5) is 11.5 Å². The molecule has 36 heavy (non-hydrogen) atoms. The highest BCUT2D eigenvalue weighted by molar-refractivity contribution is 6.36. The SMILES string of the molecule is Cn1nc(Nc2cccc(-c3ccc4c(c3)OCCO4)c2Cl)c2ccc(C=N[C@@H](CO)C(=O)O)cc21. The predicted molar refractivity (Wildman–Crippen MR) is 138 cm³/mol. The third kappa shape index (κ3) is 4.58. The van der Waals surface area contributed by atoms with E-state index in [1.165, 1.54) is 6.21 Å². The van der Waals surface area contributed by atoms with E-state index < -0.39 is 18.6 Å². The average molecular weight is 507 g/mol. The molecule has 2 heterocycles. The van der Waals surface area contributed by atoms with Crippen LogP contribution in [0.15, 0.2) is 59.6 Å². The third-order valence-electron chi connectivity index (χ3n) is 5.84. The predicted octanol–water partition coefficient (Wildman–Crippen LogP) is 4.27. The Kier molecular flexibility index (Phi) is 6.49. The molecule has 0 radical (unpaired) electrons. The maximum absolute atomic E-state index is 11.1. The van der Waals surface area contributed by atoms with Gasteiger partial charge in [-0.1, -0.05) is 35.9 Å². The van der Waals surface area contributed by atoms with Gasteiger partial charge >= 0.3 is 5.97 Å². The molecule has 0 saturated heterocycles. The molecule has 1 atom stereocenters. The van der Waals surface area contributed by atoms with Crippen molar-refractivity contribution in [1.82, 2.24) is 9.78 Å². The van der Waals surface area contributed by atoms with Crippen LogP contribution < -0.4 is 14.8 Å². The molecule has 0 saturated carbocycles. The number of hydrogen-bond acceptors (Lipinski definition) is 7. The van der Waals surface area contributed by atoms with Crippen molar-refractivity contribution in [2.75, 3.05) is 25.1 Å². The number of rotatable bonds is 7. The van der Waals surface area contributed by atoms with E-state index in [-0.39, 0.29) is 0 Å². The van der Waals surface area contributed by atoms with Gasteiger partial charge in [0, 0.05) is 24.2 Å². The molecule has 1 aliphatic rings. The summed E-state index contributed by atoms with van der Waals surface area (Å²) in [5.41, 5.74) is 3.95. The number of aryl methyl sites for hydroxylation is 1. The molecule has 10 heteroatoms. The smallest absolute Gasteiger partial charge is 0.330 e. The number of carboxylic acids is 1. The van der Waals surface area contributed by atoms with Gasteiger partial charge in [-0.2, -0.15) is 5.10 Å². The van der Waals surface area contributed by atoms with Crippen LogP contribution in [0.1, 0.15) is 5.56 Å². The molecule has 184 valence electrons. The number of carbonyl (C=O) groups is 1. The minimum absolute atomic E-state index is 0.508. The second-order valence-corrected chi connectivity index (χ2v) is 8.59. The summed E-state index contributed by atoms with van der Waals surface area (Å²) in [6.07, 6.45) is 1.43. The van der Waals surface area contributed by atoms with E-state index in [1.54, 1.807) is 4.68 Å². The number of fused-ring (bicyclic) bond motifs is 2. The fraction of sp³-hybridized carbons (Fsp3) is 0.192.